The summed E-state index contributed by atoms with van der Waals surface area (Å²) in [6.07, 6.45) is 0.0996. The third kappa shape index (κ3) is 4.05. The highest BCUT2D eigenvalue weighted by Gasteiger charge is 2.05. The van der Waals surface area contributed by atoms with Crippen molar-refractivity contribution in [2.75, 3.05) is 11.1 Å². The molecule has 2 aromatic carbocycles. The lowest BCUT2D eigenvalue weighted by molar-refractivity contribution is 0.242. The summed E-state index contributed by atoms with van der Waals surface area (Å²) in [5.74, 6) is 0.737. The van der Waals surface area contributed by atoms with Gasteiger partial charge in [0.1, 0.15) is 5.75 Å². The highest BCUT2D eigenvalue weighted by atomic mass is 79.9. The van der Waals surface area contributed by atoms with E-state index in [1.165, 1.54) is 0 Å². The summed E-state index contributed by atoms with van der Waals surface area (Å²) in [4.78, 5) is 0. The first-order chi connectivity index (χ1) is 9.44. The molecule has 0 unspecified atom stereocenters. The Labute approximate surface area is 132 Å². The number of ether oxygens (including phenoxy) is 1. The number of nitrogens with two attached hydrogens (primary N) is 1. The van der Waals surface area contributed by atoms with E-state index in [9.17, 15) is 0 Å². The molecule has 0 aliphatic rings. The maximum Gasteiger partial charge on any atom is 0.123 e. The minimum atomic E-state index is 0.0996. The smallest absolute Gasteiger partial charge is 0.123 e. The third-order valence-corrected chi connectivity index (χ3v) is 3.43. The molecule has 3 N–H and O–H groups in total. The van der Waals surface area contributed by atoms with Crippen molar-refractivity contribution in [3.05, 3.63) is 45.9 Å². The van der Waals surface area contributed by atoms with Gasteiger partial charge in [0, 0.05) is 33.0 Å². The van der Waals surface area contributed by atoms with Gasteiger partial charge in [0.25, 0.3) is 0 Å². The Bertz CT molecular complexity index is 617. The molecule has 0 fully saturated rings. The first-order valence-electron chi connectivity index (χ1n) is 6.23. The number of nitrogens with one attached hydrogen (secondary N) is 1. The van der Waals surface area contributed by atoms with E-state index >= 15 is 0 Å². The molecular formula is C15H16BrClN2O. The van der Waals surface area contributed by atoms with E-state index < -0.39 is 0 Å². The normalized spacial score (nSPS) is 10.7. The molecule has 0 amide bonds. The zero-order chi connectivity index (χ0) is 14.7. The summed E-state index contributed by atoms with van der Waals surface area (Å²) < 4.78 is 6.60. The Kier molecular flexibility index (Phi) is 4.78. The maximum absolute atomic E-state index is 6.00. The van der Waals surface area contributed by atoms with E-state index in [-0.39, 0.29) is 6.10 Å². The SMILES string of the molecule is CC(C)Oc1cc(N)cc(Nc2cc(Cl)ccc2Br)c1. The van der Waals surface area contributed by atoms with Gasteiger partial charge in [-0.3, -0.25) is 0 Å². The number of anilines is 3. The number of halogens is 2. The van der Waals surface area contributed by atoms with Gasteiger partial charge in [-0.15, -0.1) is 0 Å². The molecule has 3 nitrogen and oxygen atoms in total. The molecule has 0 saturated heterocycles. The second kappa shape index (κ2) is 6.37. The first-order valence-corrected chi connectivity index (χ1v) is 7.40. The topological polar surface area (TPSA) is 47.3 Å². The van der Waals surface area contributed by atoms with Crippen molar-refractivity contribution >= 4 is 44.6 Å². The van der Waals surface area contributed by atoms with E-state index in [1.54, 1.807) is 6.07 Å². The standard InChI is InChI=1S/C15H16BrClN2O/c1-9(2)20-13-7-11(18)6-12(8-13)19-15-5-10(17)3-4-14(15)16/h3-9,19H,18H2,1-2H3. The van der Waals surface area contributed by atoms with Crippen molar-refractivity contribution in [1.82, 2.24) is 0 Å². The van der Waals surface area contributed by atoms with Crippen LogP contribution >= 0.6 is 27.5 Å². The van der Waals surface area contributed by atoms with Crippen molar-refractivity contribution in [3.8, 4) is 5.75 Å². The molecule has 20 heavy (non-hydrogen) atoms. The third-order valence-electron chi connectivity index (χ3n) is 2.51. The van der Waals surface area contributed by atoms with Crippen molar-refractivity contribution in [2.45, 2.75) is 20.0 Å². The lowest BCUT2D eigenvalue weighted by atomic mass is 10.2. The van der Waals surface area contributed by atoms with Gasteiger partial charge in [-0.1, -0.05) is 11.6 Å². The lowest BCUT2D eigenvalue weighted by Gasteiger charge is -2.14. The quantitative estimate of drug-likeness (QED) is 0.740. The predicted octanol–water partition coefficient (Wildman–Crippen LogP) is 5.22. The minimum Gasteiger partial charge on any atom is -0.491 e. The first kappa shape index (κ1) is 15.0. The van der Waals surface area contributed by atoms with Crippen molar-refractivity contribution in [3.63, 3.8) is 0 Å². The summed E-state index contributed by atoms with van der Waals surface area (Å²) >= 11 is 9.49. The fourth-order valence-corrected chi connectivity index (χ4v) is 2.30. The number of nitrogen functional groups attached to an aromatic ring is 1. The zero-order valence-electron chi connectivity index (χ0n) is 11.3. The molecule has 106 valence electrons. The fourth-order valence-electron chi connectivity index (χ4n) is 1.78. The Balaban J connectivity index is 2.28. The van der Waals surface area contributed by atoms with E-state index in [4.69, 9.17) is 22.1 Å². The molecule has 2 aromatic rings. The second-order valence-electron chi connectivity index (χ2n) is 4.71. The minimum absolute atomic E-state index is 0.0996. The molecule has 0 aromatic heterocycles. The average Bonchev–Trinajstić information content (AvgIpc) is 2.32. The summed E-state index contributed by atoms with van der Waals surface area (Å²) in [5.41, 5.74) is 8.27. The van der Waals surface area contributed by atoms with Gasteiger partial charge in [-0.2, -0.15) is 0 Å². The molecule has 0 aliphatic carbocycles. The van der Waals surface area contributed by atoms with Crippen LogP contribution in [0.2, 0.25) is 5.02 Å². The van der Waals surface area contributed by atoms with E-state index in [1.807, 2.05) is 44.2 Å². The molecule has 0 atom stereocenters. The van der Waals surface area contributed by atoms with E-state index in [0.717, 1.165) is 21.6 Å². The monoisotopic (exact) mass is 354 g/mol. The highest BCUT2D eigenvalue weighted by molar-refractivity contribution is 9.10. The van der Waals surface area contributed by atoms with Crippen LogP contribution in [0.3, 0.4) is 0 Å². The number of rotatable bonds is 4. The summed E-state index contributed by atoms with van der Waals surface area (Å²) in [6.45, 7) is 3.95. The van der Waals surface area contributed by atoms with Gasteiger partial charge in [-0.05, 0) is 54.0 Å². The number of hydrogen-bond donors (Lipinski definition) is 2. The van der Waals surface area contributed by atoms with Crippen LogP contribution in [-0.2, 0) is 0 Å². The highest BCUT2D eigenvalue weighted by Crippen LogP contribution is 2.31. The average molecular weight is 356 g/mol. The summed E-state index contributed by atoms with van der Waals surface area (Å²) in [7, 11) is 0. The van der Waals surface area contributed by atoms with Crippen molar-refractivity contribution in [1.29, 1.82) is 0 Å². The molecule has 0 heterocycles. The molecule has 0 radical (unpaired) electrons. The van der Waals surface area contributed by atoms with Crippen LogP contribution < -0.4 is 15.8 Å². The van der Waals surface area contributed by atoms with Gasteiger partial charge < -0.3 is 15.8 Å². The Morgan fingerprint density at radius 3 is 2.65 bits per heavy atom. The van der Waals surface area contributed by atoms with Crippen LogP contribution in [0.5, 0.6) is 5.75 Å². The van der Waals surface area contributed by atoms with Crippen LogP contribution in [0, 0.1) is 0 Å². The maximum atomic E-state index is 6.00. The molecule has 2 rings (SSSR count). The second-order valence-corrected chi connectivity index (χ2v) is 6.00. The molecule has 0 saturated carbocycles. The molecule has 0 spiro atoms. The summed E-state index contributed by atoms with van der Waals surface area (Å²) in [6, 6.07) is 11.1. The van der Waals surface area contributed by atoms with E-state index in [0.29, 0.717) is 10.7 Å². The molecule has 5 heteroatoms. The molecular weight excluding hydrogens is 340 g/mol. The number of benzene rings is 2. The van der Waals surface area contributed by atoms with Crippen molar-refractivity contribution < 1.29 is 4.74 Å². The lowest BCUT2D eigenvalue weighted by Crippen LogP contribution is -2.06. The number of hydrogen-bond acceptors (Lipinski definition) is 3. The zero-order valence-corrected chi connectivity index (χ0v) is 13.6. The van der Waals surface area contributed by atoms with Gasteiger partial charge in [0.15, 0.2) is 0 Å². The van der Waals surface area contributed by atoms with Gasteiger partial charge in [-0.25, -0.2) is 0 Å². The van der Waals surface area contributed by atoms with Crippen LogP contribution in [0.25, 0.3) is 0 Å². The largest absolute Gasteiger partial charge is 0.491 e. The van der Waals surface area contributed by atoms with E-state index in [2.05, 4.69) is 21.2 Å². The Morgan fingerprint density at radius 2 is 1.95 bits per heavy atom. The van der Waals surface area contributed by atoms with Crippen LogP contribution in [0.15, 0.2) is 40.9 Å². The van der Waals surface area contributed by atoms with Crippen LogP contribution in [0.4, 0.5) is 17.1 Å². The molecule has 0 bridgehead atoms. The van der Waals surface area contributed by atoms with Gasteiger partial charge >= 0.3 is 0 Å². The van der Waals surface area contributed by atoms with Crippen molar-refractivity contribution in [2.24, 2.45) is 0 Å². The van der Waals surface area contributed by atoms with Gasteiger partial charge in [0.2, 0.25) is 0 Å². The van der Waals surface area contributed by atoms with Crippen LogP contribution in [-0.4, -0.2) is 6.10 Å². The predicted molar refractivity (Wildman–Crippen MR) is 89.1 cm³/mol. The Morgan fingerprint density at radius 1 is 1.20 bits per heavy atom. The van der Waals surface area contributed by atoms with Crippen LogP contribution in [0.1, 0.15) is 13.8 Å². The molecule has 0 aliphatic heterocycles. The Hall–Kier alpha value is -1.39. The van der Waals surface area contributed by atoms with Gasteiger partial charge in [0.05, 0.1) is 11.8 Å². The fraction of sp³-hybridized carbons (Fsp3) is 0.200. The summed E-state index contributed by atoms with van der Waals surface area (Å²) in [5, 5.41) is 3.94.